The largest absolute Gasteiger partial charge is 0.481 e. The van der Waals surface area contributed by atoms with Crippen molar-refractivity contribution in [3.05, 3.63) is 0 Å². The van der Waals surface area contributed by atoms with Crippen molar-refractivity contribution in [1.29, 1.82) is 0 Å². The van der Waals surface area contributed by atoms with Gasteiger partial charge in [-0.05, 0) is 36.7 Å². The first-order valence-corrected chi connectivity index (χ1v) is 8.95. The molecule has 0 aliphatic carbocycles. The zero-order valence-corrected chi connectivity index (χ0v) is 11.7. The third-order valence-electron chi connectivity index (χ3n) is 3.16. The molecule has 17 heavy (non-hydrogen) atoms. The molecule has 0 aromatic carbocycles. The first kappa shape index (κ1) is 14.8. The second-order valence-corrected chi connectivity index (χ2v) is 8.07. The van der Waals surface area contributed by atoms with Crippen molar-refractivity contribution in [1.82, 2.24) is 0 Å². The van der Waals surface area contributed by atoms with Gasteiger partial charge in [0.2, 0.25) is 0 Å². The van der Waals surface area contributed by atoms with Gasteiger partial charge in [-0.3, -0.25) is 4.79 Å². The molecule has 1 aliphatic rings. The number of carbonyl (C=O) groups is 1. The van der Waals surface area contributed by atoms with Crippen LogP contribution in [0, 0.1) is 11.8 Å². The second-order valence-electron chi connectivity index (χ2n) is 4.45. The highest BCUT2D eigenvalue weighted by atomic mass is 32.2. The lowest BCUT2D eigenvalue weighted by molar-refractivity contribution is -0.143. The topological polar surface area (TPSA) is 71.4 Å². The molecule has 6 heteroatoms. The van der Waals surface area contributed by atoms with Crippen LogP contribution in [0.5, 0.6) is 0 Å². The zero-order chi connectivity index (χ0) is 12.9. The lowest BCUT2D eigenvalue weighted by atomic mass is 9.88. The van der Waals surface area contributed by atoms with Crippen LogP contribution >= 0.6 is 11.8 Å². The highest BCUT2D eigenvalue weighted by Crippen LogP contribution is 2.29. The van der Waals surface area contributed by atoms with Crippen molar-refractivity contribution < 1.29 is 18.3 Å². The highest BCUT2D eigenvalue weighted by Gasteiger charge is 2.36. The van der Waals surface area contributed by atoms with E-state index in [1.165, 1.54) is 0 Å². The Morgan fingerprint density at radius 1 is 1.53 bits per heavy atom. The minimum atomic E-state index is -2.98. The Morgan fingerprint density at radius 3 is 2.71 bits per heavy atom. The van der Waals surface area contributed by atoms with Crippen LogP contribution in [0.25, 0.3) is 0 Å². The van der Waals surface area contributed by atoms with Crippen LogP contribution in [0.2, 0.25) is 0 Å². The van der Waals surface area contributed by atoms with Crippen LogP contribution in [0.15, 0.2) is 0 Å². The maximum Gasteiger partial charge on any atom is 0.306 e. The number of hydrogen-bond donors (Lipinski definition) is 1. The van der Waals surface area contributed by atoms with Crippen molar-refractivity contribution in [3.63, 3.8) is 0 Å². The molecule has 1 saturated heterocycles. The average molecular weight is 280 g/mol. The van der Waals surface area contributed by atoms with Gasteiger partial charge in [0.05, 0.1) is 17.4 Å². The van der Waals surface area contributed by atoms with Gasteiger partial charge >= 0.3 is 5.97 Å². The van der Waals surface area contributed by atoms with Crippen molar-refractivity contribution in [2.75, 3.05) is 23.0 Å². The Bertz CT molecular complexity index is 350. The van der Waals surface area contributed by atoms with Gasteiger partial charge in [0.25, 0.3) is 0 Å². The number of aliphatic carboxylic acids is 1. The first-order chi connectivity index (χ1) is 7.96. The summed E-state index contributed by atoms with van der Waals surface area (Å²) in [6.45, 7) is 2.07. The average Bonchev–Trinajstić information content (AvgIpc) is 2.58. The first-order valence-electron chi connectivity index (χ1n) is 5.97. The fourth-order valence-electron chi connectivity index (χ4n) is 2.25. The molecule has 1 heterocycles. The van der Waals surface area contributed by atoms with Crippen LogP contribution in [0.3, 0.4) is 0 Å². The van der Waals surface area contributed by atoms with Gasteiger partial charge in [-0.25, -0.2) is 8.42 Å². The SMILES string of the molecule is CCSCCCC(C(=O)O)C1CCS(=O)(=O)C1. The Labute approximate surface area is 107 Å². The summed E-state index contributed by atoms with van der Waals surface area (Å²) >= 11 is 1.79. The molecule has 0 amide bonds. The number of carboxylic acids is 1. The highest BCUT2D eigenvalue weighted by molar-refractivity contribution is 7.99. The zero-order valence-electron chi connectivity index (χ0n) is 10.1. The molecule has 2 atom stereocenters. The maximum absolute atomic E-state index is 11.3. The minimum Gasteiger partial charge on any atom is -0.481 e. The van der Waals surface area contributed by atoms with E-state index in [-0.39, 0.29) is 17.4 Å². The molecule has 1 N–H and O–H groups in total. The molecule has 0 radical (unpaired) electrons. The van der Waals surface area contributed by atoms with E-state index >= 15 is 0 Å². The van der Waals surface area contributed by atoms with Crippen LogP contribution in [-0.2, 0) is 14.6 Å². The summed E-state index contributed by atoms with van der Waals surface area (Å²) in [6.07, 6.45) is 1.97. The number of thioether (sulfide) groups is 1. The van der Waals surface area contributed by atoms with E-state index in [1.54, 1.807) is 11.8 Å². The number of carboxylic acid groups (broad SMARTS) is 1. The quantitative estimate of drug-likeness (QED) is 0.718. The molecule has 100 valence electrons. The van der Waals surface area contributed by atoms with Crippen LogP contribution in [0.4, 0.5) is 0 Å². The Kier molecular flexibility index (Phi) is 5.79. The smallest absolute Gasteiger partial charge is 0.306 e. The molecule has 0 spiro atoms. The normalized spacial score (nSPS) is 24.6. The van der Waals surface area contributed by atoms with Gasteiger partial charge in [0.1, 0.15) is 0 Å². The molecule has 4 nitrogen and oxygen atoms in total. The summed E-state index contributed by atoms with van der Waals surface area (Å²) in [6, 6.07) is 0. The minimum absolute atomic E-state index is 0.0604. The van der Waals surface area contributed by atoms with Crippen molar-refractivity contribution >= 4 is 27.6 Å². The van der Waals surface area contributed by atoms with E-state index in [0.717, 1.165) is 17.9 Å². The molecule has 2 unspecified atom stereocenters. The van der Waals surface area contributed by atoms with Crippen LogP contribution in [0.1, 0.15) is 26.2 Å². The summed E-state index contributed by atoms with van der Waals surface area (Å²) in [4.78, 5) is 11.2. The van der Waals surface area contributed by atoms with Gasteiger partial charge in [-0.2, -0.15) is 11.8 Å². The Morgan fingerprint density at radius 2 is 2.24 bits per heavy atom. The molecular formula is C11H20O4S2. The Hall–Kier alpha value is -0.230. The van der Waals surface area contributed by atoms with E-state index in [9.17, 15) is 13.2 Å². The summed E-state index contributed by atoms with van der Waals surface area (Å²) in [5.41, 5.74) is 0. The molecule has 0 aromatic rings. The van der Waals surface area contributed by atoms with Gasteiger partial charge < -0.3 is 5.11 Å². The lowest BCUT2D eigenvalue weighted by Gasteiger charge is -2.17. The third kappa shape index (κ3) is 4.87. The predicted octanol–water partition coefficient (Wildman–Crippen LogP) is 1.66. The van der Waals surface area contributed by atoms with Crippen molar-refractivity contribution in [3.8, 4) is 0 Å². The molecule has 1 aliphatic heterocycles. The molecule has 0 saturated carbocycles. The van der Waals surface area contributed by atoms with Crippen molar-refractivity contribution in [2.24, 2.45) is 11.8 Å². The number of hydrogen-bond acceptors (Lipinski definition) is 4. The predicted molar refractivity (Wildman–Crippen MR) is 70.1 cm³/mol. The van der Waals surface area contributed by atoms with E-state index in [1.807, 2.05) is 0 Å². The van der Waals surface area contributed by atoms with E-state index in [0.29, 0.717) is 12.8 Å². The van der Waals surface area contributed by atoms with Gasteiger partial charge in [-0.1, -0.05) is 6.92 Å². The van der Waals surface area contributed by atoms with Gasteiger partial charge in [0, 0.05) is 0 Å². The standard InChI is InChI=1S/C11H20O4S2/c1-2-16-6-3-4-10(11(12)13)9-5-7-17(14,15)8-9/h9-10H,2-8H2,1H3,(H,12,13). The van der Waals surface area contributed by atoms with Gasteiger partial charge in [0.15, 0.2) is 9.84 Å². The fraction of sp³-hybridized carbons (Fsp3) is 0.909. The lowest BCUT2D eigenvalue weighted by Crippen LogP contribution is -2.24. The Balaban J connectivity index is 2.47. The van der Waals surface area contributed by atoms with Crippen molar-refractivity contribution in [2.45, 2.75) is 26.2 Å². The fourth-order valence-corrected chi connectivity index (χ4v) is 4.79. The monoisotopic (exact) mass is 280 g/mol. The molecular weight excluding hydrogens is 260 g/mol. The van der Waals surface area contributed by atoms with Crippen LogP contribution < -0.4 is 0 Å². The second kappa shape index (κ2) is 6.64. The molecule has 0 aromatic heterocycles. The van der Waals surface area contributed by atoms with E-state index in [4.69, 9.17) is 5.11 Å². The molecule has 0 bridgehead atoms. The summed E-state index contributed by atoms with van der Waals surface area (Å²) < 4.78 is 22.7. The summed E-state index contributed by atoms with van der Waals surface area (Å²) in [5, 5.41) is 9.16. The van der Waals surface area contributed by atoms with E-state index in [2.05, 4.69) is 6.92 Å². The third-order valence-corrected chi connectivity index (χ3v) is 5.94. The maximum atomic E-state index is 11.3. The summed E-state index contributed by atoms with van der Waals surface area (Å²) in [5.74, 6) is 0.716. The van der Waals surface area contributed by atoms with Gasteiger partial charge in [-0.15, -0.1) is 0 Å². The van der Waals surface area contributed by atoms with Crippen LogP contribution in [-0.4, -0.2) is 42.5 Å². The molecule has 1 fully saturated rings. The number of sulfone groups is 1. The molecule has 1 rings (SSSR count). The summed E-state index contributed by atoms with van der Waals surface area (Å²) in [7, 11) is -2.98. The number of rotatable bonds is 7. The van der Waals surface area contributed by atoms with E-state index < -0.39 is 21.7 Å².